The highest BCUT2D eigenvalue weighted by Crippen LogP contribution is 2.41. The summed E-state index contributed by atoms with van der Waals surface area (Å²) in [6, 6.07) is 0. The highest BCUT2D eigenvalue weighted by Gasteiger charge is 2.45. The van der Waals surface area contributed by atoms with Gasteiger partial charge in [-0.1, -0.05) is 13.8 Å². The van der Waals surface area contributed by atoms with Crippen LogP contribution in [0.25, 0.3) is 0 Å². The van der Waals surface area contributed by atoms with E-state index in [9.17, 15) is 0 Å². The number of rotatable bonds is 0. The van der Waals surface area contributed by atoms with Crippen LogP contribution < -0.4 is 0 Å². The molecule has 0 aromatic rings. The van der Waals surface area contributed by atoms with Crippen molar-refractivity contribution in [3.63, 3.8) is 0 Å². The van der Waals surface area contributed by atoms with Crippen molar-refractivity contribution < 1.29 is 4.48 Å². The van der Waals surface area contributed by atoms with Crippen molar-refractivity contribution in [1.82, 2.24) is 0 Å². The Bertz CT molecular complexity index is 174. The molecule has 0 saturated carbocycles. The van der Waals surface area contributed by atoms with E-state index in [0.29, 0.717) is 5.41 Å². The maximum absolute atomic E-state index is 2.43. The van der Waals surface area contributed by atoms with Gasteiger partial charge in [0.25, 0.3) is 0 Å². The molecule has 2 bridgehead atoms. The van der Waals surface area contributed by atoms with Gasteiger partial charge in [-0.05, 0) is 6.42 Å². The highest BCUT2D eigenvalue weighted by molar-refractivity contribution is 4.82. The smallest absolute Gasteiger partial charge is 0.0836 e. The highest BCUT2D eigenvalue weighted by atomic mass is 15.4. The Morgan fingerprint density at radius 2 is 2.09 bits per heavy atom. The van der Waals surface area contributed by atoms with Crippen molar-refractivity contribution in [2.75, 3.05) is 26.7 Å². The Hall–Kier alpha value is -0.0400. The lowest BCUT2D eigenvalue weighted by Gasteiger charge is -2.42. The van der Waals surface area contributed by atoms with Gasteiger partial charge >= 0.3 is 0 Å². The topological polar surface area (TPSA) is 0 Å². The van der Waals surface area contributed by atoms with Crippen LogP contribution in [0.5, 0.6) is 0 Å². The summed E-state index contributed by atoms with van der Waals surface area (Å²) < 4.78 is 1.36. The maximum Gasteiger partial charge on any atom is 0.0836 e. The third kappa shape index (κ3) is 1.31. The third-order valence-electron chi connectivity index (χ3n) is 3.43. The van der Waals surface area contributed by atoms with Crippen molar-refractivity contribution in [2.24, 2.45) is 11.3 Å². The number of quaternary nitrogens is 1. The van der Waals surface area contributed by atoms with Crippen LogP contribution in [0, 0.1) is 11.3 Å². The normalized spacial score (nSPS) is 47.7. The Balaban J connectivity index is 2.19. The van der Waals surface area contributed by atoms with Crippen LogP contribution >= 0.6 is 0 Å². The van der Waals surface area contributed by atoms with E-state index in [0.717, 1.165) is 5.92 Å². The Morgan fingerprint density at radius 3 is 2.73 bits per heavy atom. The number of piperidine rings is 1. The first-order valence-corrected chi connectivity index (χ1v) is 4.83. The summed E-state index contributed by atoms with van der Waals surface area (Å²) in [7, 11) is 2.43. The van der Waals surface area contributed by atoms with Gasteiger partial charge in [0.05, 0.1) is 26.7 Å². The molecule has 2 saturated heterocycles. The predicted molar refractivity (Wildman–Crippen MR) is 47.3 cm³/mol. The van der Waals surface area contributed by atoms with E-state index in [1.54, 1.807) is 0 Å². The van der Waals surface area contributed by atoms with Crippen LogP contribution in [-0.2, 0) is 0 Å². The molecule has 2 aliphatic rings. The molecule has 64 valence electrons. The molecule has 2 atom stereocenters. The van der Waals surface area contributed by atoms with E-state index in [2.05, 4.69) is 20.9 Å². The molecule has 0 radical (unpaired) electrons. The van der Waals surface area contributed by atoms with Crippen LogP contribution in [0.4, 0.5) is 0 Å². The van der Waals surface area contributed by atoms with Crippen LogP contribution in [-0.4, -0.2) is 31.2 Å². The maximum atomic E-state index is 2.43. The molecule has 11 heavy (non-hydrogen) atoms. The molecule has 2 aliphatic heterocycles. The molecule has 1 nitrogen and oxygen atoms in total. The first-order valence-electron chi connectivity index (χ1n) is 4.83. The van der Waals surface area contributed by atoms with E-state index in [-0.39, 0.29) is 0 Å². The molecule has 0 aliphatic carbocycles. The fourth-order valence-electron chi connectivity index (χ4n) is 3.49. The molecule has 2 heterocycles. The zero-order valence-electron chi connectivity index (χ0n) is 8.06. The second-order valence-corrected chi connectivity index (χ2v) is 5.71. The SMILES string of the molecule is CC1(C)CC2CC[N+](C)(C2)C1. The number of hydrogen-bond acceptors (Lipinski definition) is 0. The lowest BCUT2D eigenvalue weighted by molar-refractivity contribution is -0.909. The van der Waals surface area contributed by atoms with Crippen LogP contribution in [0.3, 0.4) is 0 Å². The predicted octanol–water partition coefficient (Wildman–Crippen LogP) is 1.88. The van der Waals surface area contributed by atoms with Crippen LogP contribution in [0.2, 0.25) is 0 Å². The van der Waals surface area contributed by atoms with Crippen molar-refractivity contribution in [3.8, 4) is 0 Å². The largest absolute Gasteiger partial charge is 0.325 e. The van der Waals surface area contributed by atoms with Gasteiger partial charge < -0.3 is 4.48 Å². The molecular weight excluding hydrogens is 134 g/mol. The molecule has 0 aromatic heterocycles. The second-order valence-electron chi connectivity index (χ2n) is 5.71. The summed E-state index contributed by atoms with van der Waals surface area (Å²) in [5.74, 6) is 1.05. The number of hydrogen-bond donors (Lipinski definition) is 0. The van der Waals surface area contributed by atoms with Gasteiger partial charge in [0.2, 0.25) is 0 Å². The van der Waals surface area contributed by atoms with Crippen molar-refractivity contribution >= 4 is 0 Å². The fraction of sp³-hybridized carbons (Fsp3) is 1.00. The number of fused-ring (bicyclic) bond motifs is 2. The van der Waals surface area contributed by atoms with E-state index in [1.165, 1.54) is 37.0 Å². The first-order chi connectivity index (χ1) is 4.99. The Morgan fingerprint density at radius 1 is 1.36 bits per heavy atom. The monoisotopic (exact) mass is 154 g/mol. The van der Waals surface area contributed by atoms with Crippen molar-refractivity contribution in [3.05, 3.63) is 0 Å². The van der Waals surface area contributed by atoms with Crippen LogP contribution in [0.1, 0.15) is 26.7 Å². The van der Waals surface area contributed by atoms with E-state index >= 15 is 0 Å². The quantitative estimate of drug-likeness (QED) is 0.467. The fourth-order valence-corrected chi connectivity index (χ4v) is 3.49. The Labute approximate surface area is 70.0 Å². The molecule has 0 N–H and O–H groups in total. The third-order valence-corrected chi connectivity index (χ3v) is 3.43. The summed E-state index contributed by atoms with van der Waals surface area (Å²) in [4.78, 5) is 0. The summed E-state index contributed by atoms with van der Waals surface area (Å²) in [6.45, 7) is 9.17. The summed E-state index contributed by atoms with van der Waals surface area (Å²) in [6.07, 6.45) is 2.96. The van der Waals surface area contributed by atoms with E-state index in [4.69, 9.17) is 0 Å². The van der Waals surface area contributed by atoms with Crippen LogP contribution in [0.15, 0.2) is 0 Å². The summed E-state index contributed by atoms with van der Waals surface area (Å²) >= 11 is 0. The molecule has 0 amide bonds. The molecular formula is C10H20N+. The Kier molecular flexibility index (Phi) is 1.39. The molecule has 0 spiro atoms. The molecule has 2 unspecified atom stereocenters. The average Bonchev–Trinajstić information content (AvgIpc) is 2.03. The molecule has 2 fully saturated rings. The summed E-state index contributed by atoms with van der Waals surface area (Å²) in [5.41, 5.74) is 0.619. The zero-order valence-corrected chi connectivity index (χ0v) is 8.06. The summed E-state index contributed by atoms with van der Waals surface area (Å²) in [5, 5.41) is 0. The zero-order chi connectivity index (χ0) is 8.11. The molecule has 1 heteroatoms. The second kappa shape index (κ2) is 2.01. The first kappa shape index (κ1) is 7.60. The minimum Gasteiger partial charge on any atom is -0.325 e. The minimum atomic E-state index is 0.619. The van der Waals surface area contributed by atoms with Crippen molar-refractivity contribution in [2.45, 2.75) is 26.7 Å². The minimum absolute atomic E-state index is 0.619. The number of nitrogens with zero attached hydrogens (tertiary/aromatic N) is 1. The van der Waals surface area contributed by atoms with Gasteiger partial charge in [-0.3, -0.25) is 0 Å². The average molecular weight is 154 g/mol. The lowest BCUT2D eigenvalue weighted by atomic mass is 9.79. The van der Waals surface area contributed by atoms with Gasteiger partial charge in [-0.25, -0.2) is 0 Å². The van der Waals surface area contributed by atoms with E-state index < -0.39 is 0 Å². The van der Waals surface area contributed by atoms with Gasteiger partial charge in [0.15, 0.2) is 0 Å². The van der Waals surface area contributed by atoms with Gasteiger partial charge in [0.1, 0.15) is 0 Å². The molecule has 2 rings (SSSR count). The van der Waals surface area contributed by atoms with E-state index in [1.807, 2.05) is 0 Å². The van der Waals surface area contributed by atoms with Gasteiger partial charge in [-0.2, -0.15) is 0 Å². The van der Waals surface area contributed by atoms with Gasteiger partial charge in [-0.15, -0.1) is 0 Å². The lowest BCUT2D eigenvalue weighted by Crippen LogP contribution is -2.51. The molecule has 0 aromatic carbocycles. The standard InChI is InChI=1S/C10H20N/c1-10(2)6-9-4-5-11(3,7-9)8-10/h9H,4-8H2,1-3H3/q+1. The van der Waals surface area contributed by atoms with Gasteiger partial charge in [0, 0.05) is 17.8 Å². The van der Waals surface area contributed by atoms with Crippen molar-refractivity contribution in [1.29, 1.82) is 0 Å².